The molecule has 2 bridgehead atoms. The van der Waals surface area contributed by atoms with Gasteiger partial charge in [-0.1, -0.05) is 86.6 Å². The molecule has 3 aliphatic heterocycles. The maximum Gasteiger partial charge on any atom is 0.123 e. The second kappa shape index (κ2) is 10.3. The summed E-state index contributed by atoms with van der Waals surface area (Å²) in [6.07, 6.45) is 2.57. The quantitative estimate of drug-likeness (QED) is 0.438. The number of benzene rings is 3. The van der Waals surface area contributed by atoms with Gasteiger partial charge in [0.05, 0.1) is 7.11 Å². The molecular weight excluding hydrogens is 416 g/mol. The van der Waals surface area contributed by atoms with Crippen molar-refractivity contribution in [3.8, 4) is 5.75 Å². The highest BCUT2D eigenvalue weighted by atomic mass is 16.5. The van der Waals surface area contributed by atoms with Gasteiger partial charge in [0.1, 0.15) is 5.75 Å². The highest BCUT2D eigenvalue weighted by Gasteiger charge is 2.46. The molecule has 0 radical (unpaired) electrons. The third kappa shape index (κ3) is 4.64. The Morgan fingerprint density at radius 1 is 0.853 bits per heavy atom. The monoisotopic (exact) mass is 454 g/mol. The number of nitrogens with one attached hydrogen (secondary N) is 1. The van der Waals surface area contributed by atoms with Gasteiger partial charge in [0, 0.05) is 30.1 Å². The van der Waals surface area contributed by atoms with E-state index in [1.807, 2.05) is 0 Å². The van der Waals surface area contributed by atoms with Crippen molar-refractivity contribution in [1.82, 2.24) is 10.2 Å². The molecule has 0 spiro atoms. The molecule has 3 saturated heterocycles. The molecular formula is C31H38N2O. The third-order valence-electron chi connectivity index (χ3n) is 8.03. The predicted octanol–water partition coefficient (Wildman–Crippen LogP) is 6.20. The molecule has 0 aromatic heterocycles. The van der Waals surface area contributed by atoms with Crippen LogP contribution in [0.5, 0.6) is 5.75 Å². The van der Waals surface area contributed by atoms with Gasteiger partial charge in [-0.2, -0.15) is 0 Å². The van der Waals surface area contributed by atoms with Crippen LogP contribution >= 0.6 is 0 Å². The normalized spacial score (nSPS) is 24.0. The number of nitrogens with zero attached hydrogens (tertiary/aromatic N) is 1. The van der Waals surface area contributed by atoms with Crippen LogP contribution in [0.3, 0.4) is 0 Å². The molecule has 178 valence electrons. The van der Waals surface area contributed by atoms with Crippen molar-refractivity contribution in [3.05, 3.63) is 101 Å². The van der Waals surface area contributed by atoms with Gasteiger partial charge in [-0.25, -0.2) is 0 Å². The van der Waals surface area contributed by atoms with Crippen molar-refractivity contribution in [2.45, 2.75) is 57.2 Å². The van der Waals surface area contributed by atoms with E-state index in [0.717, 1.165) is 12.3 Å². The van der Waals surface area contributed by atoms with Crippen molar-refractivity contribution >= 4 is 0 Å². The van der Waals surface area contributed by atoms with E-state index in [2.05, 4.69) is 103 Å². The number of ether oxygens (including phenoxy) is 1. The number of hydrogen-bond donors (Lipinski definition) is 1. The van der Waals surface area contributed by atoms with E-state index in [0.29, 0.717) is 29.8 Å². The van der Waals surface area contributed by atoms with E-state index >= 15 is 0 Å². The van der Waals surface area contributed by atoms with Crippen molar-refractivity contribution in [3.63, 3.8) is 0 Å². The van der Waals surface area contributed by atoms with Crippen LogP contribution < -0.4 is 10.1 Å². The minimum Gasteiger partial charge on any atom is -0.496 e. The topological polar surface area (TPSA) is 24.5 Å². The molecule has 0 amide bonds. The molecule has 3 fully saturated rings. The fraction of sp³-hybridized carbons (Fsp3) is 0.419. The molecule has 0 saturated carbocycles. The summed E-state index contributed by atoms with van der Waals surface area (Å²) in [6, 6.07) is 29.8. The van der Waals surface area contributed by atoms with Crippen molar-refractivity contribution in [2.75, 3.05) is 20.2 Å². The Kier molecular flexibility index (Phi) is 7.03. The number of hydrogen-bond acceptors (Lipinski definition) is 3. The molecule has 3 heteroatoms. The summed E-state index contributed by atoms with van der Waals surface area (Å²) in [4.78, 5) is 2.75. The highest BCUT2D eigenvalue weighted by molar-refractivity contribution is 5.39. The second-order valence-electron chi connectivity index (χ2n) is 10.3. The highest BCUT2D eigenvalue weighted by Crippen LogP contribution is 2.42. The van der Waals surface area contributed by atoms with Crippen LogP contribution in [0.25, 0.3) is 0 Å². The Labute approximate surface area is 205 Å². The first-order valence-corrected chi connectivity index (χ1v) is 12.9. The zero-order chi connectivity index (χ0) is 23.5. The zero-order valence-corrected chi connectivity index (χ0v) is 20.8. The maximum absolute atomic E-state index is 5.74. The largest absolute Gasteiger partial charge is 0.496 e. The summed E-state index contributed by atoms with van der Waals surface area (Å²) in [6.45, 7) is 7.76. The lowest BCUT2D eigenvalue weighted by molar-refractivity contribution is 0.00462. The summed E-state index contributed by atoms with van der Waals surface area (Å²) in [5, 5.41) is 4.06. The summed E-state index contributed by atoms with van der Waals surface area (Å²) >= 11 is 0. The molecule has 3 heterocycles. The fourth-order valence-electron chi connectivity index (χ4n) is 6.22. The zero-order valence-electron chi connectivity index (χ0n) is 20.8. The van der Waals surface area contributed by atoms with Gasteiger partial charge in [-0.3, -0.25) is 4.90 Å². The molecule has 34 heavy (non-hydrogen) atoms. The van der Waals surface area contributed by atoms with Crippen LogP contribution in [0.1, 0.15) is 60.8 Å². The number of piperidine rings is 3. The molecule has 1 N–H and O–H groups in total. The molecule has 3 aliphatic rings. The number of rotatable bonds is 8. The standard InChI is InChI=1S/C31H38N2O/c1-22(2)26-14-15-28(34-3)27(20-26)21-32-30-25-16-18-33(19-17-25)31(30)29(23-10-6-4-7-11-23)24-12-8-5-9-13-24/h4-15,20,22,25,29-32H,16-19,21H2,1-3H3/t30-,31+/m1/s1. The lowest BCUT2D eigenvalue weighted by atomic mass is 9.70. The lowest BCUT2D eigenvalue weighted by Crippen LogP contribution is -2.64. The van der Waals surface area contributed by atoms with Crippen molar-refractivity contribution < 1.29 is 4.74 Å². The third-order valence-corrected chi connectivity index (χ3v) is 8.03. The van der Waals surface area contributed by atoms with E-state index in [-0.39, 0.29) is 0 Å². The van der Waals surface area contributed by atoms with E-state index in [1.54, 1.807) is 7.11 Å². The van der Waals surface area contributed by atoms with Gasteiger partial charge in [-0.05, 0) is 60.5 Å². The van der Waals surface area contributed by atoms with E-state index < -0.39 is 0 Å². The lowest BCUT2D eigenvalue weighted by Gasteiger charge is -2.54. The Morgan fingerprint density at radius 2 is 1.47 bits per heavy atom. The number of methoxy groups -OCH3 is 1. The average Bonchev–Trinajstić information content (AvgIpc) is 2.89. The molecule has 0 aliphatic carbocycles. The van der Waals surface area contributed by atoms with Gasteiger partial charge in [-0.15, -0.1) is 0 Å². The van der Waals surface area contributed by atoms with Gasteiger partial charge < -0.3 is 10.1 Å². The van der Waals surface area contributed by atoms with Gasteiger partial charge in [0.25, 0.3) is 0 Å². The smallest absolute Gasteiger partial charge is 0.123 e. The van der Waals surface area contributed by atoms with Crippen LogP contribution in [-0.2, 0) is 6.54 Å². The van der Waals surface area contributed by atoms with Crippen LogP contribution in [0.2, 0.25) is 0 Å². The summed E-state index contributed by atoms with van der Waals surface area (Å²) in [7, 11) is 1.78. The number of fused-ring (bicyclic) bond motifs is 3. The van der Waals surface area contributed by atoms with Crippen molar-refractivity contribution in [1.29, 1.82) is 0 Å². The Balaban J connectivity index is 1.48. The summed E-state index contributed by atoms with van der Waals surface area (Å²) in [5.74, 6) is 2.56. The fourth-order valence-corrected chi connectivity index (χ4v) is 6.22. The second-order valence-corrected chi connectivity index (χ2v) is 10.3. The Bertz CT molecular complexity index is 1020. The Morgan fingerprint density at radius 3 is 2.03 bits per heavy atom. The Hall–Kier alpha value is -2.62. The van der Waals surface area contributed by atoms with E-state index in [1.165, 1.54) is 48.2 Å². The predicted molar refractivity (Wildman–Crippen MR) is 141 cm³/mol. The average molecular weight is 455 g/mol. The SMILES string of the molecule is COc1ccc(C(C)C)cc1CN[C@@H]1C2CCN(CC2)[C@H]1C(c1ccccc1)c1ccccc1. The maximum atomic E-state index is 5.74. The van der Waals surface area contributed by atoms with Crippen molar-refractivity contribution in [2.24, 2.45) is 5.92 Å². The minimum atomic E-state index is 0.354. The summed E-state index contributed by atoms with van der Waals surface area (Å²) < 4.78 is 5.74. The molecule has 3 aromatic rings. The summed E-state index contributed by atoms with van der Waals surface area (Å²) in [5.41, 5.74) is 5.46. The minimum absolute atomic E-state index is 0.354. The molecule has 2 atom stereocenters. The van der Waals surface area contributed by atoms with Gasteiger partial charge >= 0.3 is 0 Å². The van der Waals surface area contributed by atoms with E-state index in [9.17, 15) is 0 Å². The van der Waals surface area contributed by atoms with Gasteiger partial charge in [0.15, 0.2) is 0 Å². The molecule has 0 unspecified atom stereocenters. The first-order chi connectivity index (χ1) is 16.7. The molecule has 3 nitrogen and oxygen atoms in total. The van der Waals surface area contributed by atoms with Crippen LogP contribution in [0.15, 0.2) is 78.9 Å². The van der Waals surface area contributed by atoms with Crippen LogP contribution in [0, 0.1) is 5.92 Å². The van der Waals surface area contributed by atoms with Crippen LogP contribution in [-0.4, -0.2) is 37.2 Å². The molecule has 3 aromatic carbocycles. The van der Waals surface area contributed by atoms with Crippen LogP contribution in [0.4, 0.5) is 0 Å². The van der Waals surface area contributed by atoms with E-state index in [4.69, 9.17) is 4.74 Å². The first-order valence-electron chi connectivity index (χ1n) is 12.9. The molecule has 6 rings (SSSR count). The first kappa shape index (κ1) is 23.1. The van der Waals surface area contributed by atoms with Gasteiger partial charge in [0.2, 0.25) is 0 Å².